The van der Waals surface area contributed by atoms with Crippen LogP contribution in [0.25, 0.3) is 0 Å². The summed E-state index contributed by atoms with van der Waals surface area (Å²) in [5, 5.41) is 0. The van der Waals surface area contributed by atoms with E-state index in [1.54, 1.807) is 0 Å². The third kappa shape index (κ3) is 3.12. The third-order valence-corrected chi connectivity index (χ3v) is 9.24. The van der Waals surface area contributed by atoms with E-state index >= 15 is 0 Å². The predicted octanol–water partition coefficient (Wildman–Crippen LogP) is 3.73. The quantitative estimate of drug-likeness (QED) is 0.540. The summed E-state index contributed by atoms with van der Waals surface area (Å²) < 4.78 is 5.82. The molecular formula is C13H24O2Si. The van der Waals surface area contributed by atoms with Crippen LogP contribution in [0.5, 0.6) is 0 Å². The van der Waals surface area contributed by atoms with Gasteiger partial charge in [0, 0.05) is 0 Å². The first-order chi connectivity index (χ1) is 7.28. The number of hydrogen-bond acceptors (Lipinski definition) is 2. The zero-order valence-electron chi connectivity index (χ0n) is 11.3. The zero-order valence-corrected chi connectivity index (χ0v) is 12.3. The van der Waals surface area contributed by atoms with Crippen molar-refractivity contribution in [1.82, 2.24) is 0 Å². The molecule has 0 bridgehead atoms. The van der Waals surface area contributed by atoms with Crippen LogP contribution in [-0.2, 0) is 9.22 Å². The molecule has 0 aliphatic rings. The Balaban J connectivity index is 5.07. The first-order valence-electron chi connectivity index (χ1n) is 5.94. The van der Waals surface area contributed by atoms with Crippen molar-refractivity contribution >= 4 is 14.3 Å². The zero-order chi connectivity index (χ0) is 12.9. The van der Waals surface area contributed by atoms with Crippen LogP contribution < -0.4 is 0 Å². The van der Waals surface area contributed by atoms with Crippen LogP contribution in [0.1, 0.15) is 48.0 Å². The van der Waals surface area contributed by atoms with E-state index < -0.39 is 8.32 Å². The second-order valence-electron chi connectivity index (χ2n) is 5.17. The van der Waals surface area contributed by atoms with Crippen molar-refractivity contribution in [2.45, 2.75) is 64.6 Å². The van der Waals surface area contributed by atoms with Gasteiger partial charge in [-0.05, 0) is 16.6 Å². The van der Waals surface area contributed by atoms with Crippen LogP contribution in [0.2, 0.25) is 16.6 Å². The van der Waals surface area contributed by atoms with Crippen molar-refractivity contribution in [2.75, 3.05) is 0 Å². The molecular weight excluding hydrogens is 216 g/mol. The van der Waals surface area contributed by atoms with Crippen LogP contribution in [0.15, 0.2) is 0 Å². The van der Waals surface area contributed by atoms with Gasteiger partial charge in [0.05, 0.1) is 0 Å². The Morgan fingerprint density at radius 3 is 1.75 bits per heavy atom. The minimum Gasteiger partial charge on any atom is -0.518 e. The lowest BCUT2D eigenvalue weighted by Gasteiger charge is -2.41. The molecule has 0 fully saturated rings. The van der Waals surface area contributed by atoms with E-state index in [0.717, 1.165) is 0 Å². The van der Waals surface area contributed by atoms with Gasteiger partial charge in [0.2, 0.25) is 0 Å². The molecule has 2 nitrogen and oxygen atoms in total. The second-order valence-corrected chi connectivity index (χ2v) is 10.5. The SMILES string of the molecule is C#CCC(=O)O[Si](C(C)C)(C(C)C)C(C)C. The molecule has 3 heteroatoms. The van der Waals surface area contributed by atoms with E-state index in [1.807, 2.05) is 0 Å². The van der Waals surface area contributed by atoms with Crippen molar-refractivity contribution in [2.24, 2.45) is 0 Å². The molecule has 0 saturated carbocycles. The fourth-order valence-corrected chi connectivity index (χ4v) is 7.84. The number of hydrogen-bond donors (Lipinski definition) is 0. The maximum absolute atomic E-state index is 11.6. The molecule has 0 atom stereocenters. The summed E-state index contributed by atoms with van der Waals surface area (Å²) in [6.45, 7) is 12.9. The highest BCUT2D eigenvalue weighted by atomic mass is 28.4. The Labute approximate surface area is 101 Å². The molecule has 0 unspecified atom stereocenters. The minimum atomic E-state index is -2.07. The molecule has 0 aliphatic heterocycles. The highest BCUT2D eigenvalue weighted by molar-refractivity contribution is 6.78. The van der Waals surface area contributed by atoms with E-state index in [0.29, 0.717) is 16.6 Å². The standard InChI is InChI=1S/C13H24O2Si/c1-8-9-13(14)15-16(10(2)3,11(4)5)12(6)7/h1,10-12H,9H2,2-7H3. The fraction of sp³-hybridized carbons (Fsp3) is 0.769. The van der Waals surface area contributed by atoms with E-state index in [2.05, 4.69) is 47.5 Å². The topological polar surface area (TPSA) is 26.3 Å². The van der Waals surface area contributed by atoms with Gasteiger partial charge in [-0.25, -0.2) is 0 Å². The molecule has 0 aromatic rings. The van der Waals surface area contributed by atoms with Crippen molar-refractivity contribution in [3.8, 4) is 12.3 Å². The van der Waals surface area contributed by atoms with E-state index in [4.69, 9.17) is 10.8 Å². The Hall–Kier alpha value is -0.753. The van der Waals surface area contributed by atoms with Gasteiger partial charge in [0.15, 0.2) is 0 Å². The second kappa shape index (κ2) is 6.10. The summed E-state index contributed by atoms with van der Waals surface area (Å²) in [6, 6.07) is 0. The molecule has 0 rings (SSSR count). The van der Waals surface area contributed by atoms with E-state index in [1.165, 1.54) is 0 Å². The van der Waals surface area contributed by atoms with E-state index in [9.17, 15) is 4.79 Å². The highest BCUT2D eigenvalue weighted by Crippen LogP contribution is 2.42. The average molecular weight is 240 g/mol. The molecule has 0 amide bonds. The summed E-state index contributed by atoms with van der Waals surface area (Å²) in [6.07, 6.45) is 5.23. The van der Waals surface area contributed by atoms with Gasteiger partial charge in [-0.3, -0.25) is 4.79 Å². The van der Waals surface area contributed by atoms with Crippen molar-refractivity contribution < 1.29 is 9.22 Å². The van der Waals surface area contributed by atoms with Crippen molar-refractivity contribution in [3.05, 3.63) is 0 Å². The summed E-state index contributed by atoms with van der Waals surface area (Å²) in [5.74, 6) is 2.12. The van der Waals surface area contributed by atoms with E-state index in [-0.39, 0.29) is 12.4 Å². The summed E-state index contributed by atoms with van der Waals surface area (Å²) in [5.41, 5.74) is 1.23. The molecule has 0 heterocycles. The van der Waals surface area contributed by atoms with Crippen molar-refractivity contribution in [3.63, 3.8) is 0 Å². The summed E-state index contributed by atoms with van der Waals surface area (Å²) >= 11 is 0. The molecule has 92 valence electrons. The molecule has 0 N–H and O–H groups in total. The smallest absolute Gasteiger partial charge is 0.304 e. The molecule has 16 heavy (non-hydrogen) atoms. The maximum Gasteiger partial charge on any atom is 0.304 e. The average Bonchev–Trinajstić information content (AvgIpc) is 2.12. The highest BCUT2D eigenvalue weighted by Gasteiger charge is 2.47. The lowest BCUT2D eigenvalue weighted by Crippen LogP contribution is -2.49. The summed E-state index contributed by atoms with van der Waals surface area (Å²) in [4.78, 5) is 11.6. The van der Waals surface area contributed by atoms with Gasteiger partial charge in [-0.15, -0.1) is 6.42 Å². The van der Waals surface area contributed by atoms with Gasteiger partial charge in [0.25, 0.3) is 8.32 Å². The van der Waals surface area contributed by atoms with Crippen LogP contribution in [-0.4, -0.2) is 14.3 Å². The van der Waals surface area contributed by atoms with Crippen LogP contribution in [0.4, 0.5) is 0 Å². The van der Waals surface area contributed by atoms with Gasteiger partial charge in [0.1, 0.15) is 6.42 Å². The Bertz CT molecular complexity index is 252. The normalized spacial score (nSPS) is 12.0. The lowest BCUT2D eigenvalue weighted by atomic mass is 10.5. The van der Waals surface area contributed by atoms with Gasteiger partial charge >= 0.3 is 5.97 Å². The van der Waals surface area contributed by atoms with Gasteiger partial charge < -0.3 is 4.43 Å². The van der Waals surface area contributed by atoms with Crippen LogP contribution in [0, 0.1) is 12.3 Å². The minimum absolute atomic E-state index is 0.0842. The van der Waals surface area contributed by atoms with Gasteiger partial charge in [-0.2, -0.15) is 0 Å². The molecule has 0 aliphatic carbocycles. The molecule has 0 radical (unpaired) electrons. The predicted molar refractivity (Wildman–Crippen MR) is 70.6 cm³/mol. The Morgan fingerprint density at radius 1 is 1.12 bits per heavy atom. The molecule has 0 aromatic carbocycles. The van der Waals surface area contributed by atoms with Crippen LogP contribution >= 0.6 is 0 Å². The Kier molecular flexibility index (Phi) is 5.81. The summed E-state index contributed by atoms with van der Waals surface area (Å²) in [7, 11) is -2.07. The number of rotatable bonds is 5. The molecule has 0 aromatic heterocycles. The fourth-order valence-electron chi connectivity index (χ4n) is 2.67. The Morgan fingerprint density at radius 2 is 1.50 bits per heavy atom. The van der Waals surface area contributed by atoms with Crippen LogP contribution in [0.3, 0.4) is 0 Å². The number of carbonyl (C=O) groups is 1. The lowest BCUT2D eigenvalue weighted by molar-refractivity contribution is -0.134. The molecule has 0 saturated heterocycles. The molecule has 0 spiro atoms. The van der Waals surface area contributed by atoms with Crippen molar-refractivity contribution in [1.29, 1.82) is 0 Å². The number of terminal acetylenes is 1. The third-order valence-electron chi connectivity index (χ3n) is 3.24. The van der Waals surface area contributed by atoms with Gasteiger partial charge in [-0.1, -0.05) is 47.5 Å². The first-order valence-corrected chi connectivity index (χ1v) is 8.08. The largest absolute Gasteiger partial charge is 0.518 e. The first kappa shape index (κ1) is 15.2. The maximum atomic E-state index is 11.6. The monoisotopic (exact) mass is 240 g/mol. The number of carbonyl (C=O) groups excluding carboxylic acids is 1.